The third-order valence-corrected chi connectivity index (χ3v) is 4.20. The molecule has 0 aromatic heterocycles. The van der Waals surface area contributed by atoms with Gasteiger partial charge in [0.1, 0.15) is 17.2 Å². The number of carbonyl (C=O) groups is 1. The van der Waals surface area contributed by atoms with Gasteiger partial charge in [0.05, 0.1) is 18.3 Å². The van der Waals surface area contributed by atoms with Crippen LogP contribution in [0, 0.1) is 0 Å². The molecule has 1 amide bonds. The Balaban J connectivity index is 0.00000243. The van der Waals surface area contributed by atoms with Gasteiger partial charge in [-0.2, -0.15) is 0 Å². The molecule has 1 aliphatic carbocycles. The van der Waals surface area contributed by atoms with Gasteiger partial charge in [0.2, 0.25) is 0 Å². The zero-order chi connectivity index (χ0) is 17.6. The van der Waals surface area contributed by atoms with Crippen molar-refractivity contribution in [3.8, 4) is 17.2 Å². The number of hydrogen-bond acceptors (Lipinski definition) is 5. The average molecular weight is 356 g/mol. The molecule has 0 unspecified atom stereocenters. The SMILES string of the molecule is COc1ccc(Oc2ccc(C(=O)NC3CC(N=C=S)C3)cc2)cc1.[HH]. The lowest BCUT2D eigenvalue weighted by atomic mass is 9.87. The van der Waals surface area contributed by atoms with Crippen LogP contribution in [0.15, 0.2) is 53.5 Å². The van der Waals surface area contributed by atoms with Gasteiger partial charge in [-0.05, 0) is 73.6 Å². The van der Waals surface area contributed by atoms with Gasteiger partial charge in [0, 0.05) is 13.0 Å². The number of nitrogens with zero attached hydrogens (tertiary/aromatic N) is 1. The molecule has 0 heterocycles. The maximum Gasteiger partial charge on any atom is 0.251 e. The normalized spacial score (nSPS) is 18.4. The molecule has 3 rings (SSSR count). The largest absolute Gasteiger partial charge is 0.497 e. The Labute approximate surface area is 153 Å². The van der Waals surface area contributed by atoms with Crippen molar-refractivity contribution < 1.29 is 15.7 Å². The fourth-order valence-corrected chi connectivity index (χ4v) is 2.76. The highest BCUT2D eigenvalue weighted by Gasteiger charge is 2.29. The van der Waals surface area contributed by atoms with Crippen molar-refractivity contribution in [2.24, 2.45) is 4.99 Å². The van der Waals surface area contributed by atoms with Crippen LogP contribution in [0.5, 0.6) is 17.2 Å². The molecule has 1 N–H and O–H groups in total. The van der Waals surface area contributed by atoms with Crippen LogP contribution in [-0.2, 0) is 0 Å². The molecule has 0 atom stereocenters. The van der Waals surface area contributed by atoms with Crippen LogP contribution in [0.3, 0.4) is 0 Å². The van der Waals surface area contributed by atoms with Gasteiger partial charge in [0.25, 0.3) is 5.91 Å². The Morgan fingerprint density at radius 2 is 1.68 bits per heavy atom. The zero-order valence-corrected chi connectivity index (χ0v) is 14.6. The van der Waals surface area contributed by atoms with Crippen LogP contribution in [-0.4, -0.2) is 30.3 Å². The number of isothiocyanates is 1. The summed E-state index contributed by atoms with van der Waals surface area (Å²) < 4.78 is 10.9. The first-order chi connectivity index (χ1) is 12.2. The second-order valence-electron chi connectivity index (χ2n) is 5.82. The summed E-state index contributed by atoms with van der Waals surface area (Å²) in [5, 5.41) is 5.37. The summed E-state index contributed by atoms with van der Waals surface area (Å²) in [5.41, 5.74) is 0.601. The quantitative estimate of drug-likeness (QED) is 0.625. The highest BCUT2D eigenvalue weighted by Crippen LogP contribution is 2.25. The fourth-order valence-electron chi connectivity index (χ4n) is 2.61. The molecule has 2 aromatic rings. The van der Waals surface area contributed by atoms with E-state index in [-0.39, 0.29) is 19.4 Å². The summed E-state index contributed by atoms with van der Waals surface area (Å²) in [7, 11) is 1.62. The molecule has 130 valence electrons. The molecule has 0 saturated heterocycles. The van der Waals surface area contributed by atoms with E-state index in [9.17, 15) is 4.79 Å². The molecule has 0 radical (unpaired) electrons. The second kappa shape index (κ2) is 7.92. The number of carbonyl (C=O) groups excluding carboxylic acids is 1. The van der Waals surface area contributed by atoms with Gasteiger partial charge in [-0.1, -0.05) is 0 Å². The van der Waals surface area contributed by atoms with Gasteiger partial charge in [0.15, 0.2) is 0 Å². The molecule has 1 aliphatic rings. The Morgan fingerprint density at radius 3 is 2.24 bits per heavy atom. The summed E-state index contributed by atoms with van der Waals surface area (Å²) in [6.45, 7) is 0. The van der Waals surface area contributed by atoms with Crippen LogP contribution in [0.2, 0.25) is 0 Å². The number of aliphatic imine (C=N–C) groups is 1. The van der Waals surface area contributed by atoms with E-state index in [1.165, 1.54) is 0 Å². The third-order valence-electron chi connectivity index (χ3n) is 4.10. The highest BCUT2D eigenvalue weighted by atomic mass is 32.1. The first kappa shape index (κ1) is 17.1. The Morgan fingerprint density at radius 1 is 1.12 bits per heavy atom. The number of benzene rings is 2. The van der Waals surface area contributed by atoms with E-state index in [1.54, 1.807) is 31.4 Å². The number of rotatable bonds is 6. The van der Waals surface area contributed by atoms with Crippen molar-refractivity contribution in [3.63, 3.8) is 0 Å². The minimum absolute atomic E-state index is 0. The monoisotopic (exact) mass is 356 g/mol. The molecule has 0 spiro atoms. The third kappa shape index (κ3) is 4.44. The molecule has 0 aliphatic heterocycles. The summed E-state index contributed by atoms with van der Waals surface area (Å²) in [4.78, 5) is 16.2. The lowest BCUT2D eigenvalue weighted by Crippen LogP contribution is -2.46. The maximum absolute atomic E-state index is 12.2. The smallest absolute Gasteiger partial charge is 0.251 e. The predicted molar refractivity (Wildman–Crippen MR) is 101 cm³/mol. The van der Waals surface area contributed by atoms with E-state index in [4.69, 9.17) is 9.47 Å². The first-order valence-corrected chi connectivity index (χ1v) is 8.38. The van der Waals surface area contributed by atoms with E-state index < -0.39 is 0 Å². The van der Waals surface area contributed by atoms with Crippen molar-refractivity contribution in [1.29, 1.82) is 0 Å². The summed E-state index contributed by atoms with van der Waals surface area (Å²) in [6, 6.07) is 14.7. The summed E-state index contributed by atoms with van der Waals surface area (Å²) >= 11 is 4.58. The van der Waals surface area contributed by atoms with Crippen molar-refractivity contribution in [2.75, 3.05) is 7.11 Å². The molecule has 0 bridgehead atoms. The molecule has 1 saturated carbocycles. The molecule has 2 aromatic carbocycles. The lowest BCUT2D eigenvalue weighted by molar-refractivity contribution is 0.0910. The second-order valence-corrected chi connectivity index (χ2v) is 6.00. The van der Waals surface area contributed by atoms with E-state index in [1.807, 2.05) is 24.3 Å². The number of thiocarbonyl (C=S) groups is 1. The topological polar surface area (TPSA) is 59.9 Å². The van der Waals surface area contributed by atoms with Crippen LogP contribution in [0.25, 0.3) is 0 Å². The van der Waals surface area contributed by atoms with E-state index in [2.05, 4.69) is 27.7 Å². The van der Waals surface area contributed by atoms with E-state index >= 15 is 0 Å². The summed E-state index contributed by atoms with van der Waals surface area (Å²) in [6.07, 6.45) is 1.63. The summed E-state index contributed by atoms with van der Waals surface area (Å²) in [5.74, 6) is 2.05. The minimum atomic E-state index is -0.0919. The standard InChI is InChI=1S/C19H18N2O3S.H2/c1-23-16-6-8-18(9-7-16)24-17-4-2-13(3-5-17)19(22)21-15-10-14(11-15)20-12-25;/h2-9,14-15H,10-11H2,1H3,(H,21,22);1H. The number of amides is 1. The Bertz CT molecular complexity index is 783. The zero-order valence-electron chi connectivity index (χ0n) is 13.8. The Kier molecular flexibility index (Phi) is 5.43. The van der Waals surface area contributed by atoms with Crippen molar-refractivity contribution >= 4 is 23.3 Å². The molecule has 25 heavy (non-hydrogen) atoms. The number of ether oxygens (including phenoxy) is 2. The molecular weight excluding hydrogens is 336 g/mol. The maximum atomic E-state index is 12.2. The van der Waals surface area contributed by atoms with Crippen LogP contribution in [0.4, 0.5) is 0 Å². The first-order valence-electron chi connectivity index (χ1n) is 7.98. The van der Waals surface area contributed by atoms with Crippen LogP contribution >= 0.6 is 12.2 Å². The van der Waals surface area contributed by atoms with Gasteiger partial charge in [-0.3, -0.25) is 4.79 Å². The molecule has 5 nitrogen and oxygen atoms in total. The predicted octanol–water partition coefficient (Wildman–Crippen LogP) is 4.10. The van der Waals surface area contributed by atoms with E-state index in [0.29, 0.717) is 17.1 Å². The van der Waals surface area contributed by atoms with Crippen molar-refractivity contribution in [3.05, 3.63) is 54.1 Å². The van der Waals surface area contributed by atoms with Crippen LogP contribution < -0.4 is 14.8 Å². The minimum Gasteiger partial charge on any atom is -0.497 e. The highest BCUT2D eigenvalue weighted by molar-refractivity contribution is 7.78. The van der Waals surface area contributed by atoms with Crippen molar-refractivity contribution in [2.45, 2.75) is 24.9 Å². The Hall–Kier alpha value is -2.69. The van der Waals surface area contributed by atoms with Gasteiger partial charge < -0.3 is 14.8 Å². The van der Waals surface area contributed by atoms with Gasteiger partial charge in [-0.25, -0.2) is 4.99 Å². The van der Waals surface area contributed by atoms with E-state index in [0.717, 1.165) is 18.6 Å². The fraction of sp³-hybridized carbons (Fsp3) is 0.263. The number of hydrogen-bond donors (Lipinski definition) is 1. The molecule has 1 fully saturated rings. The molecule has 6 heteroatoms. The van der Waals surface area contributed by atoms with Gasteiger partial charge in [-0.15, -0.1) is 0 Å². The number of nitrogens with one attached hydrogen (secondary N) is 1. The number of methoxy groups -OCH3 is 1. The average Bonchev–Trinajstić information content (AvgIpc) is 2.61. The lowest BCUT2D eigenvalue weighted by Gasteiger charge is -2.32. The molecular formula is C19H20N2O3S. The van der Waals surface area contributed by atoms with Gasteiger partial charge >= 0.3 is 0 Å². The van der Waals surface area contributed by atoms with Crippen LogP contribution in [0.1, 0.15) is 24.6 Å². The van der Waals surface area contributed by atoms with Crippen molar-refractivity contribution in [1.82, 2.24) is 5.32 Å².